The van der Waals surface area contributed by atoms with E-state index in [0.717, 1.165) is 31.5 Å². The van der Waals surface area contributed by atoms with E-state index in [2.05, 4.69) is 106 Å². The molecule has 0 saturated carbocycles. The van der Waals surface area contributed by atoms with E-state index in [4.69, 9.17) is 9.97 Å². The van der Waals surface area contributed by atoms with Crippen LogP contribution in [-0.2, 0) is 29.1 Å². The van der Waals surface area contributed by atoms with Crippen LogP contribution in [-0.4, -0.2) is 9.97 Å². The zero-order valence-corrected chi connectivity index (χ0v) is 28.6. The highest BCUT2D eigenvalue weighted by molar-refractivity contribution is 5.83. The number of benzene rings is 2. The van der Waals surface area contributed by atoms with Crippen molar-refractivity contribution in [1.29, 1.82) is 0 Å². The normalized spacial score (nSPS) is 16.5. The van der Waals surface area contributed by atoms with Crippen molar-refractivity contribution in [3.63, 3.8) is 0 Å². The van der Waals surface area contributed by atoms with Gasteiger partial charge in [-0.15, -0.1) is 0 Å². The molecule has 3 aromatic rings. The lowest BCUT2D eigenvalue weighted by Gasteiger charge is -2.30. The Hall–Kier alpha value is -2.48. The molecule has 2 heteroatoms. The summed E-state index contributed by atoms with van der Waals surface area (Å²) in [6, 6.07) is 14.4. The second-order valence-corrected chi connectivity index (χ2v) is 15.2. The summed E-state index contributed by atoms with van der Waals surface area (Å²) in [6.45, 7) is 23.3. The molecule has 1 unspecified atom stereocenters. The zero-order valence-electron chi connectivity index (χ0n) is 28.6. The number of rotatable bonds is 12. The Morgan fingerprint density at radius 3 is 1.71 bits per heavy atom. The molecule has 0 amide bonds. The molecule has 0 saturated heterocycles. The topological polar surface area (TPSA) is 25.8 Å². The second-order valence-electron chi connectivity index (χ2n) is 15.2. The molecule has 1 aromatic heterocycles. The first-order valence-electron chi connectivity index (χ1n) is 17.1. The van der Waals surface area contributed by atoms with Crippen LogP contribution in [0.1, 0.15) is 161 Å². The SMILES string of the molecule is CCCCCCCCC1(C)c2cc(-c3nc(CCC)c(C(C)(C)C)c(CCC)n3)ccc2-c2ccc(C(C)(C)C)cc21. The molecule has 42 heavy (non-hydrogen) atoms. The highest BCUT2D eigenvalue weighted by Crippen LogP contribution is 2.53. The molecule has 228 valence electrons. The van der Waals surface area contributed by atoms with Crippen molar-refractivity contribution in [3.8, 4) is 22.5 Å². The van der Waals surface area contributed by atoms with Crippen molar-refractivity contribution >= 4 is 0 Å². The van der Waals surface area contributed by atoms with Gasteiger partial charge in [0.15, 0.2) is 5.82 Å². The van der Waals surface area contributed by atoms with E-state index in [1.165, 1.54) is 95.3 Å². The van der Waals surface area contributed by atoms with E-state index < -0.39 is 0 Å². The molecule has 1 atom stereocenters. The maximum Gasteiger partial charge on any atom is 0.159 e. The average Bonchev–Trinajstić information content (AvgIpc) is 3.17. The van der Waals surface area contributed by atoms with Crippen LogP contribution in [0.5, 0.6) is 0 Å². The summed E-state index contributed by atoms with van der Waals surface area (Å²) in [5, 5.41) is 0. The fourth-order valence-corrected chi connectivity index (χ4v) is 7.14. The monoisotopic (exact) mass is 566 g/mol. The first kappa shape index (κ1) is 32.4. The number of fused-ring (bicyclic) bond motifs is 3. The van der Waals surface area contributed by atoms with Crippen LogP contribution in [0.4, 0.5) is 0 Å². The van der Waals surface area contributed by atoms with E-state index in [1.807, 2.05) is 0 Å². The minimum absolute atomic E-state index is 0.00343. The van der Waals surface area contributed by atoms with Gasteiger partial charge in [-0.25, -0.2) is 9.97 Å². The van der Waals surface area contributed by atoms with E-state index in [9.17, 15) is 0 Å². The van der Waals surface area contributed by atoms with Crippen LogP contribution in [0, 0.1) is 0 Å². The molecule has 2 nitrogen and oxygen atoms in total. The van der Waals surface area contributed by atoms with Gasteiger partial charge >= 0.3 is 0 Å². The van der Waals surface area contributed by atoms with Gasteiger partial charge in [0, 0.05) is 27.9 Å². The number of unbranched alkanes of at least 4 members (excludes halogenated alkanes) is 5. The first-order valence-corrected chi connectivity index (χ1v) is 17.1. The van der Waals surface area contributed by atoms with Crippen LogP contribution in [0.2, 0.25) is 0 Å². The fourth-order valence-electron chi connectivity index (χ4n) is 7.14. The second kappa shape index (κ2) is 13.0. The van der Waals surface area contributed by atoms with E-state index >= 15 is 0 Å². The third kappa shape index (κ3) is 6.68. The molecule has 2 aromatic carbocycles. The van der Waals surface area contributed by atoms with E-state index in [1.54, 1.807) is 0 Å². The van der Waals surface area contributed by atoms with Crippen LogP contribution >= 0.6 is 0 Å². The van der Waals surface area contributed by atoms with Crippen LogP contribution in [0.15, 0.2) is 36.4 Å². The summed E-state index contributed by atoms with van der Waals surface area (Å²) < 4.78 is 0. The standard InChI is InChI=1S/C40H58N2/c1-11-14-15-16-17-18-25-40(10)32-26-28(21-23-30(32)31-24-22-29(27-33(31)40)38(4,5)6)37-41-34(19-12-2)36(39(7,8)9)35(42-37)20-13-3/h21-24,26-27H,11-20,25H2,1-10H3. The Morgan fingerprint density at radius 2 is 1.17 bits per heavy atom. The van der Waals surface area contributed by atoms with Crippen molar-refractivity contribution in [2.45, 2.75) is 156 Å². The lowest BCUT2D eigenvalue weighted by atomic mass is 9.74. The third-order valence-corrected chi connectivity index (χ3v) is 9.46. The van der Waals surface area contributed by atoms with Gasteiger partial charge in [-0.3, -0.25) is 0 Å². The van der Waals surface area contributed by atoms with Gasteiger partial charge in [0.2, 0.25) is 0 Å². The summed E-state index contributed by atoms with van der Waals surface area (Å²) in [6.07, 6.45) is 13.3. The molecule has 0 N–H and O–H groups in total. The van der Waals surface area contributed by atoms with Gasteiger partial charge in [0.25, 0.3) is 0 Å². The molecule has 0 spiro atoms. The van der Waals surface area contributed by atoms with Gasteiger partial charge < -0.3 is 0 Å². The Labute approximate surface area is 258 Å². The lowest BCUT2D eigenvalue weighted by molar-refractivity contribution is 0.479. The maximum absolute atomic E-state index is 5.30. The average molecular weight is 567 g/mol. The van der Waals surface area contributed by atoms with Gasteiger partial charge in [0.1, 0.15) is 0 Å². The Balaban J connectivity index is 1.83. The fraction of sp³-hybridized carbons (Fsp3) is 0.600. The largest absolute Gasteiger partial charge is 0.233 e. The summed E-state index contributed by atoms with van der Waals surface area (Å²) in [5.41, 5.74) is 12.4. The lowest BCUT2D eigenvalue weighted by Crippen LogP contribution is -2.22. The van der Waals surface area contributed by atoms with Gasteiger partial charge in [0.05, 0.1) is 0 Å². The molecular weight excluding hydrogens is 508 g/mol. The van der Waals surface area contributed by atoms with E-state index in [-0.39, 0.29) is 16.2 Å². The number of hydrogen-bond donors (Lipinski definition) is 0. The van der Waals surface area contributed by atoms with Crippen LogP contribution in [0.3, 0.4) is 0 Å². The zero-order chi connectivity index (χ0) is 30.7. The van der Waals surface area contributed by atoms with Gasteiger partial charge in [-0.1, -0.05) is 151 Å². The molecular formula is C40H58N2. The minimum Gasteiger partial charge on any atom is -0.233 e. The van der Waals surface area contributed by atoms with Crippen LogP contribution in [0.25, 0.3) is 22.5 Å². The molecule has 1 aliphatic rings. The highest BCUT2D eigenvalue weighted by Gasteiger charge is 2.40. The number of aryl methyl sites for hydroxylation is 2. The molecule has 0 bridgehead atoms. The molecule has 1 heterocycles. The third-order valence-electron chi connectivity index (χ3n) is 9.46. The van der Waals surface area contributed by atoms with Crippen molar-refractivity contribution in [3.05, 3.63) is 70.0 Å². The predicted molar refractivity (Wildman–Crippen MR) is 183 cm³/mol. The smallest absolute Gasteiger partial charge is 0.159 e. The molecule has 1 aliphatic carbocycles. The summed E-state index contributed by atoms with van der Waals surface area (Å²) in [5.74, 6) is 0.908. The molecule has 0 fully saturated rings. The van der Waals surface area contributed by atoms with E-state index in [0.29, 0.717) is 0 Å². The van der Waals surface area contributed by atoms with Gasteiger partial charge in [-0.2, -0.15) is 0 Å². The highest BCUT2D eigenvalue weighted by atomic mass is 14.9. The number of aromatic nitrogens is 2. The Kier molecular flexibility index (Phi) is 10.1. The first-order chi connectivity index (χ1) is 19.8. The summed E-state index contributed by atoms with van der Waals surface area (Å²) in [4.78, 5) is 10.6. The van der Waals surface area contributed by atoms with Crippen molar-refractivity contribution in [1.82, 2.24) is 9.97 Å². The predicted octanol–water partition coefficient (Wildman–Crippen LogP) is 11.7. The molecule has 4 rings (SSSR count). The minimum atomic E-state index is -0.00343. The number of hydrogen-bond acceptors (Lipinski definition) is 2. The quantitative estimate of drug-likeness (QED) is 0.204. The molecule has 0 radical (unpaired) electrons. The Morgan fingerprint density at radius 1 is 0.619 bits per heavy atom. The van der Waals surface area contributed by atoms with Gasteiger partial charge in [-0.05, 0) is 64.0 Å². The van der Waals surface area contributed by atoms with Crippen LogP contribution < -0.4 is 0 Å². The van der Waals surface area contributed by atoms with Crippen molar-refractivity contribution in [2.24, 2.45) is 0 Å². The Bertz CT molecular complexity index is 1340. The number of nitrogens with zero attached hydrogens (tertiary/aromatic N) is 2. The maximum atomic E-state index is 5.30. The molecule has 0 aliphatic heterocycles. The van der Waals surface area contributed by atoms with Crippen molar-refractivity contribution < 1.29 is 0 Å². The van der Waals surface area contributed by atoms with Crippen molar-refractivity contribution in [2.75, 3.05) is 0 Å². The summed E-state index contributed by atoms with van der Waals surface area (Å²) in [7, 11) is 0. The summed E-state index contributed by atoms with van der Waals surface area (Å²) >= 11 is 0.